The molecule has 0 aromatic heterocycles. The predicted molar refractivity (Wildman–Crippen MR) is 91.9 cm³/mol. The number of carbonyl (C=O) groups excluding carboxylic acids is 2. The fourth-order valence-electron chi connectivity index (χ4n) is 2.42. The third kappa shape index (κ3) is 4.02. The van der Waals surface area contributed by atoms with E-state index in [0.717, 1.165) is 5.56 Å². The molecule has 0 radical (unpaired) electrons. The first-order valence-electron chi connectivity index (χ1n) is 7.94. The molecule has 2 rings (SSSR count). The molecule has 4 heteroatoms. The highest BCUT2D eigenvalue weighted by Crippen LogP contribution is 2.33. The number of carbonyl (C=O) groups is 2. The lowest BCUT2D eigenvalue weighted by molar-refractivity contribution is -0.155. The van der Waals surface area contributed by atoms with Crippen LogP contribution in [0, 0.1) is 0 Å². The Bertz CT molecular complexity index is 705. The summed E-state index contributed by atoms with van der Waals surface area (Å²) < 4.78 is 10.7. The molecule has 0 bridgehead atoms. The molecular formula is C20H22O4. The van der Waals surface area contributed by atoms with Gasteiger partial charge in [-0.2, -0.15) is 0 Å². The molecule has 0 saturated heterocycles. The molecule has 0 heterocycles. The van der Waals surface area contributed by atoms with Crippen LogP contribution < -0.4 is 4.74 Å². The third-order valence-electron chi connectivity index (χ3n) is 3.83. The predicted octanol–water partition coefficient (Wildman–Crippen LogP) is 3.68. The lowest BCUT2D eigenvalue weighted by Gasteiger charge is -2.25. The van der Waals surface area contributed by atoms with E-state index in [1.807, 2.05) is 42.5 Å². The Morgan fingerprint density at radius 3 is 2.25 bits per heavy atom. The van der Waals surface area contributed by atoms with Gasteiger partial charge in [0.1, 0.15) is 12.4 Å². The van der Waals surface area contributed by atoms with E-state index in [1.165, 1.54) is 0 Å². The van der Waals surface area contributed by atoms with Gasteiger partial charge in [0.25, 0.3) is 0 Å². The van der Waals surface area contributed by atoms with Crippen LogP contribution in [0.25, 0.3) is 0 Å². The number of ether oxygens (including phenoxy) is 2. The summed E-state index contributed by atoms with van der Waals surface area (Å²) in [5, 5.41) is 0. The summed E-state index contributed by atoms with van der Waals surface area (Å²) in [6.45, 7) is 5.65. The molecule has 2 aromatic carbocycles. The van der Waals surface area contributed by atoms with Crippen LogP contribution in [-0.4, -0.2) is 18.4 Å². The highest BCUT2D eigenvalue weighted by molar-refractivity contribution is 6.37. The minimum atomic E-state index is -1.03. The molecule has 0 aliphatic rings. The van der Waals surface area contributed by atoms with Gasteiger partial charge in [-0.3, -0.25) is 4.79 Å². The van der Waals surface area contributed by atoms with Gasteiger partial charge < -0.3 is 9.47 Å². The summed E-state index contributed by atoms with van der Waals surface area (Å²) in [6, 6.07) is 17.0. The smallest absolute Gasteiger partial charge is 0.375 e. The molecule has 0 spiro atoms. The molecule has 0 aliphatic heterocycles. The molecule has 0 N–H and O–H groups in total. The molecule has 0 fully saturated rings. The van der Waals surface area contributed by atoms with Crippen LogP contribution in [0.1, 0.15) is 31.9 Å². The average molecular weight is 326 g/mol. The standard InChI is InChI=1S/C20H22O4/c1-4-23-19(22)18(21)20(2,3)16-12-8-9-13-17(16)24-14-15-10-6-5-7-11-15/h5-13H,4,14H2,1-3H3. The van der Waals surface area contributed by atoms with E-state index in [9.17, 15) is 9.59 Å². The second-order valence-electron chi connectivity index (χ2n) is 5.95. The van der Waals surface area contributed by atoms with Gasteiger partial charge in [-0.15, -0.1) is 0 Å². The molecule has 0 saturated carbocycles. The zero-order valence-electron chi connectivity index (χ0n) is 14.2. The summed E-state index contributed by atoms with van der Waals surface area (Å²) in [4.78, 5) is 24.3. The number of Topliss-reactive ketones (excluding diaryl/α,β-unsaturated/α-hetero) is 1. The molecule has 0 atom stereocenters. The van der Waals surface area contributed by atoms with Crippen molar-refractivity contribution >= 4 is 11.8 Å². The first-order valence-corrected chi connectivity index (χ1v) is 7.94. The van der Waals surface area contributed by atoms with E-state index in [-0.39, 0.29) is 6.61 Å². The van der Waals surface area contributed by atoms with Crippen molar-refractivity contribution in [2.45, 2.75) is 32.8 Å². The first kappa shape index (κ1) is 17.7. The fourth-order valence-corrected chi connectivity index (χ4v) is 2.42. The Balaban J connectivity index is 2.24. The van der Waals surface area contributed by atoms with Crippen molar-refractivity contribution in [3.63, 3.8) is 0 Å². The number of benzene rings is 2. The third-order valence-corrected chi connectivity index (χ3v) is 3.83. The lowest BCUT2D eigenvalue weighted by atomic mass is 9.80. The molecule has 4 nitrogen and oxygen atoms in total. The van der Waals surface area contributed by atoms with Crippen LogP contribution in [-0.2, 0) is 26.3 Å². The fraction of sp³-hybridized carbons (Fsp3) is 0.300. The van der Waals surface area contributed by atoms with Crippen LogP contribution in [0.4, 0.5) is 0 Å². The van der Waals surface area contributed by atoms with E-state index >= 15 is 0 Å². The maximum absolute atomic E-state index is 12.5. The molecular weight excluding hydrogens is 304 g/mol. The van der Waals surface area contributed by atoms with Gasteiger partial charge in [0.15, 0.2) is 0 Å². The largest absolute Gasteiger partial charge is 0.489 e. The SMILES string of the molecule is CCOC(=O)C(=O)C(C)(C)c1ccccc1OCc1ccccc1. The Morgan fingerprint density at radius 2 is 1.58 bits per heavy atom. The number of para-hydroxylation sites is 1. The summed E-state index contributed by atoms with van der Waals surface area (Å²) in [7, 11) is 0. The van der Waals surface area contributed by atoms with Crippen molar-refractivity contribution in [2.24, 2.45) is 0 Å². The van der Waals surface area contributed by atoms with Crippen LogP contribution in [0.15, 0.2) is 54.6 Å². The molecule has 0 unspecified atom stereocenters. The second-order valence-corrected chi connectivity index (χ2v) is 5.95. The number of hydrogen-bond donors (Lipinski definition) is 0. The van der Waals surface area contributed by atoms with E-state index < -0.39 is 17.2 Å². The van der Waals surface area contributed by atoms with E-state index in [4.69, 9.17) is 9.47 Å². The van der Waals surface area contributed by atoms with E-state index in [0.29, 0.717) is 17.9 Å². The van der Waals surface area contributed by atoms with Crippen LogP contribution >= 0.6 is 0 Å². The van der Waals surface area contributed by atoms with Gasteiger partial charge in [-0.1, -0.05) is 48.5 Å². The number of esters is 1. The molecule has 0 amide bonds. The molecule has 2 aromatic rings. The highest BCUT2D eigenvalue weighted by atomic mass is 16.5. The van der Waals surface area contributed by atoms with Crippen molar-refractivity contribution in [1.29, 1.82) is 0 Å². The van der Waals surface area contributed by atoms with Gasteiger partial charge in [-0.25, -0.2) is 4.79 Å². The topological polar surface area (TPSA) is 52.6 Å². The molecule has 0 aliphatic carbocycles. The van der Waals surface area contributed by atoms with Gasteiger partial charge in [0, 0.05) is 5.56 Å². The van der Waals surface area contributed by atoms with E-state index in [2.05, 4.69) is 0 Å². The number of hydrogen-bond acceptors (Lipinski definition) is 4. The molecule has 24 heavy (non-hydrogen) atoms. The Hall–Kier alpha value is -2.62. The van der Waals surface area contributed by atoms with Crippen LogP contribution in [0.2, 0.25) is 0 Å². The summed E-state index contributed by atoms with van der Waals surface area (Å²) in [5.74, 6) is -0.815. The second kappa shape index (κ2) is 7.77. The normalized spacial score (nSPS) is 11.0. The minimum absolute atomic E-state index is 0.173. The summed E-state index contributed by atoms with van der Waals surface area (Å²) in [5.41, 5.74) is 0.667. The maximum atomic E-state index is 12.5. The van der Waals surface area contributed by atoms with Crippen LogP contribution in [0.5, 0.6) is 5.75 Å². The quantitative estimate of drug-likeness (QED) is 0.575. The van der Waals surface area contributed by atoms with Crippen molar-refractivity contribution in [1.82, 2.24) is 0 Å². The Kier molecular flexibility index (Phi) is 5.74. The van der Waals surface area contributed by atoms with Crippen molar-refractivity contribution in [3.8, 4) is 5.75 Å². The zero-order chi connectivity index (χ0) is 17.6. The van der Waals surface area contributed by atoms with Crippen LogP contribution in [0.3, 0.4) is 0 Å². The monoisotopic (exact) mass is 326 g/mol. The van der Waals surface area contributed by atoms with Crippen molar-refractivity contribution in [3.05, 3.63) is 65.7 Å². The van der Waals surface area contributed by atoms with Gasteiger partial charge >= 0.3 is 5.97 Å². The van der Waals surface area contributed by atoms with Crippen molar-refractivity contribution < 1.29 is 19.1 Å². The lowest BCUT2D eigenvalue weighted by Crippen LogP contribution is -2.36. The highest BCUT2D eigenvalue weighted by Gasteiger charge is 2.37. The number of ketones is 1. The summed E-state index contributed by atoms with van der Waals surface area (Å²) >= 11 is 0. The Labute approximate surface area is 142 Å². The Morgan fingerprint density at radius 1 is 0.958 bits per heavy atom. The van der Waals surface area contributed by atoms with Gasteiger partial charge in [-0.05, 0) is 32.4 Å². The average Bonchev–Trinajstić information content (AvgIpc) is 2.60. The van der Waals surface area contributed by atoms with Gasteiger partial charge in [0.2, 0.25) is 5.78 Å². The summed E-state index contributed by atoms with van der Waals surface area (Å²) in [6.07, 6.45) is 0. The zero-order valence-corrected chi connectivity index (χ0v) is 14.2. The van der Waals surface area contributed by atoms with Gasteiger partial charge in [0.05, 0.1) is 12.0 Å². The maximum Gasteiger partial charge on any atom is 0.375 e. The molecule has 126 valence electrons. The number of rotatable bonds is 7. The minimum Gasteiger partial charge on any atom is -0.489 e. The van der Waals surface area contributed by atoms with Crippen molar-refractivity contribution in [2.75, 3.05) is 6.61 Å². The first-order chi connectivity index (χ1) is 11.5. The van der Waals surface area contributed by atoms with E-state index in [1.54, 1.807) is 32.9 Å².